The van der Waals surface area contributed by atoms with Crippen LogP contribution in [0.4, 0.5) is 4.39 Å². The fraction of sp³-hybridized carbons (Fsp3) is 0.467. The van der Waals surface area contributed by atoms with E-state index >= 15 is 0 Å². The molecule has 0 aliphatic carbocycles. The minimum absolute atomic E-state index is 0.0695. The molecule has 1 aromatic carbocycles. The molecule has 0 spiro atoms. The summed E-state index contributed by atoms with van der Waals surface area (Å²) in [4.78, 5) is 25.3. The number of carbonyl (C=O) groups excluding carboxylic acids is 2. The Kier molecular flexibility index (Phi) is 4.90. The number of hydrogen-bond acceptors (Lipinski definition) is 4. The lowest BCUT2D eigenvalue weighted by Gasteiger charge is -2.16. The van der Waals surface area contributed by atoms with Crippen LogP contribution in [0.1, 0.15) is 23.7 Å². The number of ketones is 1. The lowest BCUT2D eigenvalue weighted by molar-refractivity contribution is -0.119. The van der Waals surface area contributed by atoms with Crippen LogP contribution in [0.25, 0.3) is 0 Å². The number of likely N-dealkylation sites (tertiary alicyclic amines) is 1. The van der Waals surface area contributed by atoms with E-state index in [4.69, 9.17) is 4.74 Å². The van der Waals surface area contributed by atoms with Crippen LogP contribution < -0.4 is 10.1 Å². The van der Waals surface area contributed by atoms with Gasteiger partial charge < -0.3 is 10.1 Å². The molecule has 0 radical (unpaired) electrons. The first-order valence-electron chi connectivity index (χ1n) is 6.86. The lowest BCUT2D eigenvalue weighted by atomic mass is 10.1. The van der Waals surface area contributed by atoms with Crippen molar-refractivity contribution in [2.24, 2.45) is 0 Å². The number of Topliss-reactive ketones (excluding diaryl/α,β-unsaturated/α-hetero) is 1. The Labute approximate surface area is 123 Å². The van der Waals surface area contributed by atoms with E-state index in [1.54, 1.807) is 0 Å². The number of nitrogens with one attached hydrogen (secondary N) is 1. The summed E-state index contributed by atoms with van der Waals surface area (Å²) in [5.41, 5.74) is 0.250. The molecule has 6 heteroatoms. The van der Waals surface area contributed by atoms with Crippen molar-refractivity contribution < 1.29 is 18.7 Å². The Bertz CT molecular complexity index is 548. The van der Waals surface area contributed by atoms with Crippen molar-refractivity contribution in [1.29, 1.82) is 0 Å². The molecule has 1 aromatic rings. The molecule has 1 atom stereocenters. The van der Waals surface area contributed by atoms with Crippen LogP contribution in [0, 0.1) is 5.82 Å². The molecule has 2 rings (SSSR count). The summed E-state index contributed by atoms with van der Waals surface area (Å²) in [6.07, 6.45) is 0.813. The number of ether oxygens (including phenoxy) is 1. The summed E-state index contributed by atoms with van der Waals surface area (Å²) < 4.78 is 18.4. The first-order chi connectivity index (χ1) is 9.99. The van der Waals surface area contributed by atoms with E-state index < -0.39 is 5.82 Å². The second-order valence-electron chi connectivity index (χ2n) is 5.19. The van der Waals surface area contributed by atoms with Crippen molar-refractivity contribution in [3.05, 3.63) is 29.6 Å². The summed E-state index contributed by atoms with van der Waals surface area (Å²) in [7, 11) is 1.45. The number of halogens is 1. The molecule has 0 bridgehead atoms. The molecule has 21 heavy (non-hydrogen) atoms. The third-order valence-electron chi connectivity index (χ3n) is 3.51. The van der Waals surface area contributed by atoms with Crippen molar-refractivity contribution in [2.45, 2.75) is 19.4 Å². The fourth-order valence-electron chi connectivity index (χ4n) is 2.57. The van der Waals surface area contributed by atoms with Gasteiger partial charge in [-0.3, -0.25) is 14.5 Å². The lowest BCUT2D eigenvalue weighted by Crippen LogP contribution is -2.36. The molecule has 1 unspecified atom stereocenters. The number of hydrogen-bond donors (Lipinski definition) is 1. The average Bonchev–Trinajstić information content (AvgIpc) is 2.85. The van der Waals surface area contributed by atoms with Gasteiger partial charge in [-0.15, -0.1) is 0 Å². The van der Waals surface area contributed by atoms with Crippen LogP contribution in [-0.4, -0.2) is 49.4 Å². The van der Waals surface area contributed by atoms with Gasteiger partial charge in [0.2, 0.25) is 5.91 Å². The van der Waals surface area contributed by atoms with E-state index in [0.29, 0.717) is 12.3 Å². The van der Waals surface area contributed by atoms with Gasteiger partial charge >= 0.3 is 0 Å². The molecule has 1 aliphatic rings. The van der Waals surface area contributed by atoms with Gasteiger partial charge in [-0.2, -0.15) is 0 Å². The zero-order valence-corrected chi connectivity index (χ0v) is 12.2. The third kappa shape index (κ3) is 4.01. The van der Waals surface area contributed by atoms with Crippen LogP contribution in [0.2, 0.25) is 0 Å². The standard InChI is InChI=1S/C15H19FN2O3/c1-10(19)17-12-5-6-18(8-12)9-14(20)13-7-11(16)3-4-15(13)21-2/h3-4,7,12H,5-6,8-9H2,1-2H3,(H,17,19). The topological polar surface area (TPSA) is 58.6 Å². The minimum Gasteiger partial charge on any atom is -0.496 e. The monoisotopic (exact) mass is 294 g/mol. The maximum absolute atomic E-state index is 13.3. The van der Waals surface area contributed by atoms with Crippen molar-refractivity contribution in [3.63, 3.8) is 0 Å². The van der Waals surface area contributed by atoms with Gasteiger partial charge in [0.15, 0.2) is 5.78 Å². The smallest absolute Gasteiger partial charge is 0.217 e. The van der Waals surface area contributed by atoms with E-state index in [9.17, 15) is 14.0 Å². The highest BCUT2D eigenvalue weighted by atomic mass is 19.1. The molecule has 1 amide bonds. The van der Waals surface area contributed by atoms with E-state index in [2.05, 4.69) is 5.32 Å². The van der Waals surface area contributed by atoms with Crippen LogP contribution in [0.3, 0.4) is 0 Å². The van der Waals surface area contributed by atoms with Gasteiger partial charge in [-0.25, -0.2) is 4.39 Å². The summed E-state index contributed by atoms with van der Waals surface area (Å²) in [6.45, 7) is 3.03. The normalized spacial score (nSPS) is 18.5. The average molecular weight is 294 g/mol. The highest BCUT2D eigenvalue weighted by Crippen LogP contribution is 2.21. The molecule has 0 aromatic heterocycles. The van der Waals surface area contributed by atoms with Crippen LogP contribution in [-0.2, 0) is 4.79 Å². The van der Waals surface area contributed by atoms with Crippen molar-refractivity contribution in [1.82, 2.24) is 10.2 Å². The van der Waals surface area contributed by atoms with Gasteiger partial charge in [-0.1, -0.05) is 0 Å². The molecule has 1 N–H and O–H groups in total. The molecule has 1 heterocycles. The number of rotatable bonds is 5. The zero-order valence-electron chi connectivity index (χ0n) is 12.2. The zero-order chi connectivity index (χ0) is 15.4. The molecular weight excluding hydrogens is 275 g/mol. The fourth-order valence-corrected chi connectivity index (χ4v) is 2.57. The number of amides is 1. The highest BCUT2D eigenvalue weighted by Gasteiger charge is 2.25. The van der Waals surface area contributed by atoms with Gasteiger partial charge in [0.05, 0.1) is 19.2 Å². The van der Waals surface area contributed by atoms with E-state index in [1.165, 1.54) is 32.2 Å². The maximum Gasteiger partial charge on any atom is 0.217 e. The van der Waals surface area contributed by atoms with Gasteiger partial charge in [0.1, 0.15) is 11.6 Å². The molecule has 1 aliphatic heterocycles. The highest BCUT2D eigenvalue weighted by molar-refractivity contribution is 6.00. The van der Waals surface area contributed by atoms with Crippen molar-refractivity contribution in [2.75, 3.05) is 26.7 Å². The van der Waals surface area contributed by atoms with Gasteiger partial charge in [0.25, 0.3) is 0 Å². The van der Waals surface area contributed by atoms with Gasteiger partial charge in [0, 0.05) is 26.1 Å². The number of carbonyl (C=O) groups is 2. The Morgan fingerprint density at radius 2 is 2.24 bits per heavy atom. The molecule has 114 valence electrons. The molecule has 1 fully saturated rings. The predicted molar refractivity (Wildman–Crippen MR) is 75.9 cm³/mol. The van der Waals surface area contributed by atoms with Crippen LogP contribution in [0.5, 0.6) is 5.75 Å². The largest absolute Gasteiger partial charge is 0.496 e. The Hall–Kier alpha value is -1.95. The minimum atomic E-state index is -0.461. The van der Waals surface area contributed by atoms with Crippen molar-refractivity contribution in [3.8, 4) is 5.75 Å². The SMILES string of the molecule is COc1ccc(F)cc1C(=O)CN1CCC(NC(C)=O)C1. The number of benzene rings is 1. The second-order valence-corrected chi connectivity index (χ2v) is 5.19. The van der Waals surface area contributed by atoms with Crippen LogP contribution >= 0.6 is 0 Å². The Morgan fingerprint density at radius 1 is 1.48 bits per heavy atom. The third-order valence-corrected chi connectivity index (χ3v) is 3.51. The van der Waals surface area contributed by atoms with E-state index in [1.807, 2.05) is 4.90 Å². The Balaban J connectivity index is 1.99. The van der Waals surface area contributed by atoms with E-state index in [0.717, 1.165) is 13.0 Å². The summed E-state index contributed by atoms with van der Waals surface area (Å²) in [5, 5.41) is 2.84. The summed E-state index contributed by atoms with van der Waals surface area (Å²) in [5.74, 6) is -0.342. The quantitative estimate of drug-likeness (QED) is 0.830. The van der Waals surface area contributed by atoms with Crippen LogP contribution in [0.15, 0.2) is 18.2 Å². The summed E-state index contributed by atoms with van der Waals surface area (Å²) in [6, 6.07) is 3.98. The molecular formula is C15H19FN2O3. The van der Waals surface area contributed by atoms with E-state index in [-0.39, 0.29) is 29.8 Å². The second kappa shape index (κ2) is 6.67. The molecule has 0 saturated carbocycles. The summed E-state index contributed by atoms with van der Waals surface area (Å²) >= 11 is 0. The first kappa shape index (κ1) is 15.4. The van der Waals surface area contributed by atoms with Crippen molar-refractivity contribution >= 4 is 11.7 Å². The Morgan fingerprint density at radius 3 is 2.90 bits per heavy atom. The number of methoxy groups -OCH3 is 1. The first-order valence-corrected chi connectivity index (χ1v) is 6.86. The number of nitrogens with zero attached hydrogens (tertiary/aromatic N) is 1. The van der Waals surface area contributed by atoms with Gasteiger partial charge in [-0.05, 0) is 24.6 Å². The maximum atomic E-state index is 13.3. The molecule has 1 saturated heterocycles. The molecule has 5 nitrogen and oxygen atoms in total. The predicted octanol–water partition coefficient (Wildman–Crippen LogP) is 1.23.